The maximum absolute atomic E-state index is 9.79. The Hall–Kier alpha value is -0.130. The summed E-state index contributed by atoms with van der Waals surface area (Å²) in [7, 11) is -3.67. The maximum Gasteiger partial charge on any atom is 0.264 e. The number of unbranched alkanes of at least 4 members (excludes halogenated alkanes) is 10. The molecule has 0 bridgehead atoms. The highest BCUT2D eigenvalue weighted by molar-refractivity contribution is 7.85. The quantitative estimate of drug-likeness (QED) is 0.385. The molecule has 0 atom stereocenters. The van der Waals surface area contributed by atoms with Crippen LogP contribution in [0.25, 0.3) is 0 Å². The summed E-state index contributed by atoms with van der Waals surface area (Å²) < 4.78 is 27.6. The van der Waals surface area contributed by atoms with Gasteiger partial charge in [-0.2, -0.15) is 8.42 Å². The van der Waals surface area contributed by atoms with E-state index in [1.807, 2.05) is 0 Å². The molecule has 0 saturated heterocycles. The average Bonchev–Trinajstić information content (AvgIpc) is 2.40. The summed E-state index contributed by atoms with van der Waals surface area (Å²) in [6.07, 6.45) is 15.9. The third kappa shape index (κ3) is 28.7. The van der Waals surface area contributed by atoms with Crippen molar-refractivity contribution < 1.29 is 13.0 Å². The maximum atomic E-state index is 9.79. The zero-order valence-electron chi connectivity index (χ0n) is 14.1. The Bertz CT molecular complexity index is 267. The van der Waals surface area contributed by atoms with Crippen molar-refractivity contribution in [2.24, 2.45) is 5.73 Å². The number of nitrogens with two attached hydrogens (primary N) is 1. The predicted octanol–water partition coefficient (Wildman–Crippen LogP) is 4.54. The van der Waals surface area contributed by atoms with Gasteiger partial charge in [-0.3, -0.25) is 4.55 Å². The molecule has 0 aliphatic heterocycles. The van der Waals surface area contributed by atoms with Gasteiger partial charge in [-0.25, -0.2) is 0 Å². The van der Waals surface area contributed by atoms with Gasteiger partial charge in [-0.15, -0.1) is 0 Å². The summed E-state index contributed by atoms with van der Waals surface area (Å²) in [6.45, 7) is 4.84. The van der Waals surface area contributed by atoms with Crippen LogP contribution in [0.2, 0.25) is 0 Å². The van der Waals surface area contributed by atoms with Gasteiger partial charge in [0.05, 0.1) is 5.75 Å². The normalized spacial score (nSPS) is 11.0. The van der Waals surface area contributed by atoms with Crippen molar-refractivity contribution in [3.8, 4) is 0 Å². The fourth-order valence-electron chi connectivity index (χ4n) is 2.07. The van der Waals surface area contributed by atoms with Crippen LogP contribution in [0.3, 0.4) is 0 Å². The molecule has 0 saturated carbocycles. The Balaban J connectivity index is 0. The van der Waals surface area contributed by atoms with Crippen molar-refractivity contribution in [3.63, 3.8) is 0 Å². The van der Waals surface area contributed by atoms with Crippen molar-refractivity contribution in [2.45, 2.75) is 90.9 Å². The molecule has 130 valence electrons. The minimum atomic E-state index is -3.67. The van der Waals surface area contributed by atoms with E-state index in [1.54, 1.807) is 6.92 Å². The van der Waals surface area contributed by atoms with Crippen LogP contribution < -0.4 is 5.73 Å². The van der Waals surface area contributed by atoms with Crippen molar-refractivity contribution in [2.75, 3.05) is 12.3 Å². The fraction of sp³-hybridized carbons (Fsp3) is 1.00. The first-order valence-corrected chi connectivity index (χ1v) is 10.2. The highest BCUT2D eigenvalue weighted by Gasteiger charge is 1.98. The molecule has 0 fully saturated rings. The Labute approximate surface area is 132 Å². The number of hydrogen-bond donors (Lipinski definition) is 2. The van der Waals surface area contributed by atoms with E-state index in [0.29, 0.717) is 6.42 Å². The second kappa shape index (κ2) is 17.9. The molecule has 3 N–H and O–H groups in total. The molecule has 0 aliphatic carbocycles. The van der Waals surface area contributed by atoms with E-state index in [0.717, 1.165) is 6.54 Å². The lowest BCUT2D eigenvalue weighted by molar-refractivity contribution is 0.482. The van der Waals surface area contributed by atoms with Gasteiger partial charge in [0.2, 0.25) is 0 Å². The van der Waals surface area contributed by atoms with Gasteiger partial charge < -0.3 is 5.73 Å². The Morgan fingerprint density at radius 3 is 1.33 bits per heavy atom. The molecule has 0 amide bonds. The lowest BCUT2D eigenvalue weighted by Gasteiger charge is -2.01. The molecule has 0 heterocycles. The Morgan fingerprint density at radius 1 is 0.714 bits per heavy atom. The van der Waals surface area contributed by atoms with E-state index in [9.17, 15) is 8.42 Å². The summed E-state index contributed by atoms with van der Waals surface area (Å²) in [6, 6.07) is 0. The summed E-state index contributed by atoms with van der Waals surface area (Å²) in [4.78, 5) is 0. The van der Waals surface area contributed by atoms with Gasteiger partial charge in [0.1, 0.15) is 0 Å². The second-order valence-corrected chi connectivity index (χ2v) is 7.18. The molecule has 4 nitrogen and oxygen atoms in total. The SMILES string of the molecule is CCCCCCCCCCCCCN.CCCS(=O)(=O)O. The van der Waals surface area contributed by atoms with Gasteiger partial charge in [-0.05, 0) is 19.4 Å². The van der Waals surface area contributed by atoms with Crippen molar-refractivity contribution in [3.05, 3.63) is 0 Å². The topological polar surface area (TPSA) is 80.4 Å². The summed E-state index contributed by atoms with van der Waals surface area (Å²) in [5.41, 5.74) is 5.44. The lowest BCUT2D eigenvalue weighted by atomic mass is 10.1. The fourth-order valence-corrected chi connectivity index (χ4v) is 2.58. The summed E-state index contributed by atoms with van der Waals surface area (Å²) in [5, 5.41) is 0. The van der Waals surface area contributed by atoms with Crippen LogP contribution in [0.15, 0.2) is 0 Å². The monoisotopic (exact) mass is 323 g/mol. The highest BCUT2D eigenvalue weighted by Crippen LogP contribution is 2.10. The molecule has 0 aliphatic rings. The van der Waals surface area contributed by atoms with Crippen molar-refractivity contribution in [1.29, 1.82) is 0 Å². The van der Waals surface area contributed by atoms with Crippen LogP contribution in [0.1, 0.15) is 90.9 Å². The molecule has 0 rings (SSSR count). The third-order valence-electron chi connectivity index (χ3n) is 3.27. The first-order chi connectivity index (χ1) is 9.97. The van der Waals surface area contributed by atoms with E-state index in [-0.39, 0.29) is 5.75 Å². The third-order valence-corrected chi connectivity index (χ3v) is 4.19. The molecular weight excluding hydrogens is 286 g/mol. The minimum absolute atomic E-state index is 0.132. The molecule has 0 aromatic rings. The van der Waals surface area contributed by atoms with E-state index in [1.165, 1.54) is 70.6 Å². The number of rotatable bonds is 13. The minimum Gasteiger partial charge on any atom is -0.330 e. The van der Waals surface area contributed by atoms with Crippen molar-refractivity contribution in [1.82, 2.24) is 0 Å². The molecule has 5 heteroatoms. The lowest BCUT2D eigenvalue weighted by Crippen LogP contribution is -2.01. The Morgan fingerprint density at radius 2 is 1.10 bits per heavy atom. The van der Waals surface area contributed by atoms with Crippen molar-refractivity contribution >= 4 is 10.1 Å². The van der Waals surface area contributed by atoms with Gasteiger partial charge in [-0.1, -0.05) is 78.1 Å². The second-order valence-electron chi connectivity index (χ2n) is 5.61. The first kappa shape index (κ1) is 23.1. The largest absolute Gasteiger partial charge is 0.330 e. The van der Waals surface area contributed by atoms with Crippen LogP contribution >= 0.6 is 0 Å². The van der Waals surface area contributed by atoms with Crippen LogP contribution in [0.4, 0.5) is 0 Å². The molecule has 21 heavy (non-hydrogen) atoms. The molecular formula is C16H37NO3S. The smallest absolute Gasteiger partial charge is 0.264 e. The molecule has 0 aromatic heterocycles. The average molecular weight is 324 g/mol. The molecule has 0 aromatic carbocycles. The summed E-state index contributed by atoms with van der Waals surface area (Å²) >= 11 is 0. The number of hydrogen-bond acceptors (Lipinski definition) is 3. The van der Waals surface area contributed by atoms with Gasteiger partial charge >= 0.3 is 0 Å². The summed E-state index contributed by atoms with van der Waals surface area (Å²) in [5.74, 6) is -0.132. The van der Waals surface area contributed by atoms with E-state index >= 15 is 0 Å². The van der Waals surface area contributed by atoms with Gasteiger partial charge in [0, 0.05) is 0 Å². The van der Waals surface area contributed by atoms with Crippen LogP contribution in [0, 0.1) is 0 Å². The van der Waals surface area contributed by atoms with Gasteiger partial charge in [0.15, 0.2) is 0 Å². The van der Waals surface area contributed by atoms with Crippen LogP contribution in [-0.2, 0) is 10.1 Å². The molecule has 0 unspecified atom stereocenters. The standard InChI is InChI=1S/C13H29N.C3H8O3S/c1-2-3-4-5-6-7-8-9-10-11-12-13-14;1-2-3-7(4,5)6/h2-14H2,1H3;2-3H2,1H3,(H,4,5,6). The van der Waals surface area contributed by atoms with Crippen LogP contribution in [-0.4, -0.2) is 25.3 Å². The van der Waals surface area contributed by atoms with Crippen LogP contribution in [0.5, 0.6) is 0 Å². The van der Waals surface area contributed by atoms with E-state index in [4.69, 9.17) is 10.3 Å². The predicted molar refractivity (Wildman–Crippen MR) is 92.2 cm³/mol. The van der Waals surface area contributed by atoms with E-state index in [2.05, 4.69) is 6.92 Å². The first-order valence-electron chi connectivity index (χ1n) is 8.63. The zero-order chi connectivity index (χ0) is 16.4. The molecule has 0 radical (unpaired) electrons. The van der Waals surface area contributed by atoms with E-state index < -0.39 is 10.1 Å². The highest BCUT2D eigenvalue weighted by atomic mass is 32.2. The Kier molecular flexibility index (Phi) is 19.7. The zero-order valence-corrected chi connectivity index (χ0v) is 15.0. The molecule has 0 spiro atoms. The van der Waals surface area contributed by atoms with Gasteiger partial charge in [0.25, 0.3) is 10.1 Å².